The lowest BCUT2D eigenvalue weighted by atomic mass is 9.80. The van der Waals surface area contributed by atoms with Crippen molar-refractivity contribution in [1.82, 2.24) is 0 Å². The van der Waals surface area contributed by atoms with E-state index >= 15 is 0 Å². The fourth-order valence-electron chi connectivity index (χ4n) is 0.684. The van der Waals surface area contributed by atoms with Gasteiger partial charge in [-0.25, -0.2) is 4.39 Å². The number of hydrogen-bond acceptors (Lipinski definition) is 2. The van der Waals surface area contributed by atoms with Gasteiger partial charge in [0.15, 0.2) is 0 Å². The zero-order valence-electron chi connectivity index (χ0n) is 5.57. The first-order valence-corrected chi connectivity index (χ1v) is 2.82. The summed E-state index contributed by atoms with van der Waals surface area (Å²) in [5.41, 5.74) is -0.0949. The van der Waals surface area contributed by atoms with E-state index in [1.807, 2.05) is 0 Å². The maximum absolute atomic E-state index is 12.5. The van der Waals surface area contributed by atoms with Gasteiger partial charge in [-0.15, -0.1) is 12.4 Å². The summed E-state index contributed by atoms with van der Waals surface area (Å²) in [6.07, 6.45) is 0. The Morgan fingerprint density at radius 3 is 2.09 bits per heavy atom. The molecular weight excluding hydrogens is 169 g/mol. The molecule has 11 heavy (non-hydrogen) atoms. The van der Waals surface area contributed by atoms with E-state index in [0.29, 0.717) is 0 Å². The summed E-state index contributed by atoms with van der Waals surface area (Å²) in [5, 5.41) is 17.0. The van der Waals surface area contributed by atoms with Gasteiger partial charge >= 0.3 is 7.12 Å². The largest absolute Gasteiger partial charge is 0.491 e. The lowest BCUT2D eigenvalue weighted by Gasteiger charge is -1.98. The first kappa shape index (κ1) is 10.4. The van der Waals surface area contributed by atoms with Crippen LogP contribution in [-0.4, -0.2) is 17.2 Å². The third-order valence-corrected chi connectivity index (χ3v) is 1.18. The standard InChI is InChI=1S/C6H6BFO2.ClH/c8-6-4-2-1-3-5(6)7(9)10;/h1-4,9-10H;1H. The summed E-state index contributed by atoms with van der Waals surface area (Å²) in [5.74, 6) is -0.600. The van der Waals surface area contributed by atoms with Crippen molar-refractivity contribution in [3.63, 3.8) is 0 Å². The Labute approximate surface area is 70.2 Å². The van der Waals surface area contributed by atoms with Gasteiger partial charge in [-0.1, -0.05) is 18.2 Å². The van der Waals surface area contributed by atoms with Crippen molar-refractivity contribution in [2.24, 2.45) is 0 Å². The van der Waals surface area contributed by atoms with Gasteiger partial charge in [-0.2, -0.15) is 0 Å². The number of hydrogen-bond donors (Lipinski definition) is 2. The highest BCUT2D eigenvalue weighted by Gasteiger charge is 2.14. The van der Waals surface area contributed by atoms with Gasteiger partial charge in [0.2, 0.25) is 0 Å². The monoisotopic (exact) mass is 176 g/mol. The third-order valence-electron chi connectivity index (χ3n) is 1.18. The maximum atomic E-state index is 12.5. The summed E-state index contributed by atoms with van der Waals surface area (Å²) in [6.45, 7) is 0. The molecular formula is C6H7BClFO2. The van der Waals surface area contributed by atoms with Crippen LogP contribution >= 0.6 is 12.4 Å². The van der Waals surface area contributed by atoms with Crippen molar-refractivity contribution in [3.8, 4) is 0 Å². The quantitative estimate of drug-likeness (QED) is 0.588. The van der Waals surface area contributed by atoms with Gasteiger partial charge in [0.1, 0.15) is 5.82 Å². The van der Waals surface area contributed by atoms with Crippen molar-refractivity contribution < 1.29 is 14.4 Å². The Kier molecular flexibility index (Phi) is 4.11. The molecule has 0 atom stereocenters. The zero-order valence-corrected chi connectivity index (χ0v) is 6.38. The van der Waals surface area contributed by atoms with E-state index < -0.39 is 12.9 Å². The summed E-state index contributed by atoms with van der Waals surface area (Å²) in [4.78, 5) is 0. The molecule has 0 unspecified atom stereocenters. The molecule has 0 radical (unpaired) electrons. The van der Waals surface area contributed by atoms with E-state index in [4.69, 9.17) is 10.0 Å². The van der Waals surface area contributed by atoms with Gasteiger partial charge in [-0.3, -0.25) is 0 Å². The Hall–Kier alpha value is -0.575. The minimum atomic E-state index is -1.72. The molecule has 0 aliphatic carbocycles. The van der Waals surface area contributed by atoms with Gasteiger partial charge in [0, 0.05) is 5.46 Å². The second-order valence-corrected chi connectivity index (χ2v) is 1.90. The molecule has 1 aromatic rings. The SMILES string of the molecule is Cl.OB(O)c1ccccc1F. The van der Waals surface area contributed by atoms with E-state index in [9.17, 15) is 4.39 Å². The smallest absolute Gasteiger partial charge is 0.423 e. The third kappa shape index (κ3) is 2.50. The Balaban J connectivity index is 0.000001000. The molecule has 0 aliphatic heterocycles. The Morgan fingerprint density at radius 2 is 1.73 bits per heavy atom. The van der Waals surface area contributed by atoms with Crippen LogP contribution in [0.1, 0.15) is 0 Å². The molecule has 0 amide bonds. The van der Waals surface area contributed by atoms with Crippen molar-refractivity contribution in [2.75, 3.05) is 0 Å². The fraction of sp³-hybridized carbons (Fsp3) is 0. The lowest BCUT2D eigenvalue weighted by molar-refractivity contribution is 0.423. The first-order chi connectivity index (χ1) is 4.72. The highest BCUT2D eigenvalue weighted by molar-refractivity contribution is 6.58. The molecule has 60 valence electrons. The fourth-order valence-corrected chi connectivity index (χ4v) is 0.684. The molecule has 1 aromatic carbocycles. The molecule has 0 saturated carbocycles. The van der Waals surface area contributed by atoms with Gasteiger partial charge in [0.25, 0.3) is 0 Å². The number of benzene rings is 1. The van der Waals surface area contributed by atoms with Crippen LogP contribution in [0.2, 0.25) is 0 Å². The second-order valence-electron chi connectivity index (χ2n) is 1.90. The van der Waals surface area contributed by atoms with E-state index in [0.717, 1.165) is 0 Å². The van der Waals surface area contributed by atoms with Gasteiger partial charge < -0.3 is 10.0 Å². The number of halogens is 2. The summed E-state index contributed by atoms with van der Waals surface area (Å²) in [6, 6.07) is 5.52. The van der Waals surface area contributed by atoms with E-state index in [-0.39, 0.29) is 17.9 Å². The molecule has 2 nitrogen and oxygen atoms in total. The molecule has 2 N–H and O–H groups in total. The maximum Gasteiger partial charge on any atom is 0.491 e. The average Bonchev–Trinajstić information content (AvgIpc) is 1.88. The molecule has 5 heteroatoms. The predicted octanol–water partition coefficient (Wildman–Crippen LogP) is -0.0727. The molecule has 1 rings (SSSR count). The molecule has 0 spiro atoms. The highest BCUT2D eigenvalue weighted by atomic mass is 35.5. The molecule has 0 saturated heterocycles. The van der Waals surface area contributed by atoms with E-state index in [1.165, 1.54) is 24.3 Å². The Morgan fingerprint density at radius 1 is 1.18 bits per heavy atom. The predicted molar refractivity (Wildman–Crippen MR) is 43.5 cm³/mol. The second kappa shape index (κ2) is 4.33. The van der Waals surface area contributed by atoms with Crippen LogP contribution in [0.5, 0.6) is 0 Å². The molecule has 0 aromatic heterocycles. The summed E-state index contributed by atoms with van der Waals surface area (Å²) >= 11 is 0. The summed E-state index contributed by atoms with van der Waals surface area (Å²) in [7, 11) is -1.72. The van der Waals surface area contributed by atoms with Gasteiger partial charge in [0.05, 0.1) is 0 Å². The van der Waals surface area contributed by atoms with Crippen LogP contribution in [0.3, 0.4) is 0 Å². The van der Waals surface area contributed by atoms with Crippen molar-refractivity contribution in [1.29, 1.82) is 0 Å². The van der Waals surface area contributed by atoms with Crippen LogP contribution in [0.25, 0.3) is 0 Å². The molecule has 0 bridgehead atoms. The minimum absolute atomic E-state index is 0. The summed E-state index contributed by atoms with van der Waals surface area (Å²) < 4.78 is 12.5. The van der Waals surface area contributed by atoms with Crippen molar-refractivity contribution in [2.45, 2.75) is 0 Å². The molecule has 0 fully saturated rings. The zero-order chi connectivity index (χ0) is 7.56. The average molecular weight is 176 g/mol. The van der Waals surface area contributed by atoms with Crippen LogP contribution in [0.15, 0.2) is 24.3 Å². The molecule has 0 aliphatic rings. The Bertz CT molecular complexity index is 232. The topological polar surface area (TPSA) is 40.5 Å². The van der Waals surface area contributed by atoms with E-state index in [2.05, 4.69) is 0 Å². The van der Waals surface area contributed by atoms with Gasteiger partial charge in [-0.05, 0) is 6.07 Å². The first-order valence-electron chi connectivity index (χ1n) is 2.82. The van der Waals surface area contributed by atoms with Crippen LogP contribution < -0.4 is 5.46 Å². The minimum Gasteiger partial charge on any atom is -0.423 e. The normalized spacial score (nSPS) is 8.64. The molecule has 0 heterocycles. The van der Waals surface area contributed by atoms with E-state index in [1.54, 1.807) is 0 Å². The van der Waals surface area contributed by atoms with Crippen LogP contribution in [-0.2, 0) is 0 Å². The lowest BCUT2D eigenvalue weighted by Crippen LogP contribution is -2.32. The van der Waals surface area contributed by atoms with Crippen LogP contribution in [0, 0.1) is 5.82 Å². The van der Waals surface area contributed by atoms with Crippen LogP contribution in [0.4, 0.5) is 4.39 Å². The highest BCUT2D eigenvalue weighted by Crippen LogP contribution is 1.92. The number of rotatable bonds is 1. The van der Waals surface area contributed by atoms with Crippen molar-refractivity contribution >= 4 is 25.0 Å². The van der Waals surface area contributed by atoms with Crippen molar-refractivity contribution in [3.05, 3.63) is 30.1 Å².